The number of fused-ring (bicyclic) bond motifs is 1. The number of carbonyl (C=O) groups is 1. The van der Waals surface area contributed by atoms with E-state index >= 15 is 0 Å². The summed E-state index contributed by atoms with van der Waals surface area (Å²) in [6.07, 6.45) is 8.16. The average Bonchev–Trinajstić information content (AvgIpc) is 2.49. The van der Waals surface area contributed by atoms with E-state index in [1.54, 1.807) is 0 Å². The van der Waals surface area contributed by atoms with Gasteiger partial charge >= 0.3 is 5.97 Å². The summed E-state index contributed by atoms with van der Waals surface area (Å²) in [5, 5.41) is 10.7. The zero-order chi connectivity index (χ0) is 18.8. The Morgan fingerprint density at radius 2 is 2.04 bits per heavy atom. The van der Waals surface area contributed by atoms with E-state index < -0.39 is 6.10 Å². The SMILES string of the molecule is C=C1CC[C@H]2C(C)(C)CCC[C@]2(C)[C@H]1C[C@@H](O)/C(C)=C/COC(C)=O. The molecule has 0 spiro atoms. The minimum atomic E-state index is -0.502. The van der Waals surface area contributed by atoms with Crippen LogP contribution in [0.3, 0.4) is 0 Å². The normalized spacial score (nSPS) is 33.5. The van der Waals surface area contributed by atoms with Crippen LogP contribution in [0.2, 0.25) is 0 Å². The molecule has 2 rings (SSSR count). The van der Waals surface area contributed by atoms with E-state index in [9.17, 15) is 9.90 Å². The number of aliphatic hydroxyl groups excluding tert-OH is 1. The molecule has 3 nitrogen and oxygen atoms in total. The molecule has 3 heteroatoms. The first-order chi connectivity index (χ1) is 11.6. The minimum Gasteiger partial charge on any atom is -0.462 e. The number of aliphatic hydroxyl groups is 1. The molecule has 2 fully saturated rings. The van der Waals surface area contributed by atoms with Gasteiger partial charge < -0.3 is 9.84 Å². The lowest BCUT2D eigenvalue weighted by molar-refractivity contribution is -0.139. The Morgan fingerprint density at radius 3 is 2.68 bits per heavy atom. The van der Waals surface area contributed by atoms with Crippen molar-refractivity contribution in [1.29, 1.82) is 0 Å². The Hall–Kier alpha value is -1.09. The molecule has 0 aromatic heterocycles. The van der Waals surface area contributed by atoms with Crippen molar-refractivity contribution >= 4 is 5.97 Å². The van der Waals surface area contributed by atoms with Gasteiger partial charge in [-0.05, 0) is 73.3 Å². The number of hydrogen-bond acceptors (Lipinski definition) is 3. The van der Waals surface area contributed by atoms with Crippen molar-refractivity contribution < 1.29 is 14.6 Å². The van der Waals surface area contributed by atoms with E-state index in [0.717, 1.165) is 18.4 Å². The van der Waals surface area contributed by atoms with E-state index in [0.29, 0.717) is 17.3 Å². The first-order valence-electron chi connectivity index (χ1n) is 9.73. The molecule has 2 saturated carbocycles. The van der Waals surface area contributed by atoms with Gasteiger partial charge in [-0.15, -0.1) is 0 Å². The molecule has 4 atom stereocenters. The third-order valence-electron chi connectivity index (χ3n) is 7.00. The largest absolute Gasteiger partial charge is 0.462 e. The van der Waals surface area contributed by atoms with E-state index in [-0.39, 0.29) is 18.0 Å². The first-order valence-corrected chi connectivity index (χ1v) is 9.73. The lowest BCUT2D eigenvalue weighted by Gasteiger charge is -2.58. The molecule has 0 radical (unpaired) electrons. The maximum absolute atomic E-state index is 10.9. The summed E-state index contributed by atoms with van der Waals surface area (Å²) < 4.78 is 4.96. The molecule has 0 saturated heterocycles. The molecular formula is C22H36O3. The number of ether oxygens (including phenoxy) is 1. The highest BCUT2D eigenvalue weighted by Crippen LogP contribution is 2.61. The van der Waals surface area contributed by atoms with Crippen molar-refractivity contribution in [2.45, 2.75) is 79.2 Å². The summed E-state index contributed by atoms with van der Waals surface area (Å²) in [7, 11) is 0. The average molecular weight is 349 g/mol. The second-order valence-corrected chi connectivity index (χ2v) is 9.15. The zero-order valence-corrected chi connectivity index (χ0v) is 16.7. The van der Waals surface area contributed by atoms with Crippen LogP contribution in [-0.2, 0) is 9.53 Å². The molecule has 0 aliphatic heterocycles. The number of esters is 1. The molecule has 142 valence electrons. The summed E-state index contributed by atoms with van der Waals surface area (Å²) in [5.74, 6) is 0.763. The second kappa shape index (κ2) is 7.65. The van der Waals surface area contributed by atoms with E-state index in [1.165, 1.54) is 38.2 Å². The van der Waals surface area contributed by atoms with Gasteiger partial charge in [0.25, 0.3) is 0 Å². The second-order valence-electron chi connectivity index (χ2n) is 9.15. The van der Waals surface area contributed by atoms with E-state index in [4.69, 9.17) is 4.74 Å². The molecule has 1 N–H and O–H groups in total. The highest BCUT2D eigenvalue weighted by molar-refractivity contribution is 5.66. The standard InChI is InChI=1S/C22H36O3/c1-15-8-9-20-21(4,5)11-7-12-22(20,6)18(15)14-19(24)16(2)10-13-25-17(3)23/h10,18-20,24H,1,7-9,11-14H2,2-6H3/b16-10+/t18-,19+,20-,22+/m0/s1. The van der Waals surface area contributed by atoms with Crippen LogP contribution in [-0.4, -0.2) is 23.8 Å². The van der Waals surface area contributed by atoms with Crippen LogP contribution in [0, 0.1) is 22.7 Å². The van der Waals surface area contributed by atoms with Crippen molar-refractivity contribution in [1.82, 2.24) is 0 Å². The summed E-state index contributed by atoms with van der Waals surface area (Å²) in [6, 6.07) is 0. The Kier molecular flexibility index (Phi) is 6.19. The van der Waals surface area contributed by atoms with Gasteiger partial charge in [-0.3, -0.25) is 4.79 Å². The topological polar surface area (TPSA) is 46.5 Å². The third-order valence-corrected chi connectivity index (χ3v) is 7.00. The quantitative estimate of drug-likeness (QED) is 0.559. The summed E-state index contributed by atoms with van der Waals surface area (Å²) in [6.45, 7) is 15.2. The van der Waals surface area contributed by atoms with E-state index in [2.05, 4.69) is 27.4 Å². The van der Waals surface area contributed by atoms with Crippen molar-refractivity contribution in [3.05, 3.63) is 23.8 Å². The Morgan fingerprint density at radius 1 is 1.36 bits per heavy atom. The van der Waals surface area contributed by atoms with E-state index in [1.807, 2.05) is 13.0 Å². The number of rotatable bonds is 5. The van der Waals surface area contributed by atoms with Gasteiger partial charge in [0, 0.05) is 6.92 Å². The van der Waals surface area contributed by atoms with Crippen LogP contribution in [0.5, 0.6) is 0 Å². The zero-order valence-electron chi connectivity index (χ0n) is 16.7. The first kappa shape index (κ1) is 20.2. The fourth-order valence-corrected chi connectivity index (χ4v) is 5.55. The molecular weight excluding hydrogens is 312 g/mol. The number of hydrogen-bond donors (Lipinski definition) is 1. The Balaban J connectivity index is 2.13. The maximum atomic E-state index is 10.9. The van der Waals surface area contributed by atoms with Crippen LogP contribution in [0.15, 0.2) is 23.8 Å². The maximum Gasteiger partial charge on any atom is 0.302 e. The lowest BCUT2D eigenvalue weighted by atomic mass is 9.47. The molecule has 0 aromatic carbocycles. The smallest absolute Gasteiger partial charge is 0.302 e. The van der Waals surface area contributed by atoms with Crippen molar-refractivity contribution in [3.63, 3.8) is 0 Å². The van der Waals surface area contributed by atoms with Crippen molar-refractivity contribution in [2.75, 3.05) is 6.61 Å². The van der Waals surface area contributed by atoms with Gasteiger partial charge in [0.05, 0.1) is 6.10 Å². The molecule has 0 aromatic rings. The van der Waals surface area contributed by atoms with Crippen LogP contribution in [0.1, 0.15) is 73.1 Å². The Labute approximate surface area is 153 Å². The fraction of sp³-hybridized carbons (Fsp3) is 0.773. The highest BCUT2D eigenvalue weighted by Gasteiger charge is 2.52. The molecule has 0 bridgehead atoms. The van der Waals surface area contributed by atoms with Crippen LogP contribution in [0.25, 0.3) is 0 Å². The van der Waals surface area contributed by atoms with Gasteiger partial charge in [0.1, 0.15) is 6.61 Å². The molecule has 0 heterocycles. The number of carbonyl (C=O) groups excluding carboxylic acids is 1. The summed E-state index contributed by atoms with van der Waals surface area (Å²) in [5.41, 5.74) is 2.80. The number of allylic oxidation sites excluding steroid dienone is 1. The lowest BCUT2D eigenvalue weighted by Crippen LogP contribution is -2.50. The monoisotopic (exact) mass is 348 g/mol. The van der Waals surface area contributed by atoms with Crippen molar-refractivity contribution in [3.8, 4) is 0 Å². The third kappa shape index (κ3) is 4.36. The van der Waals surface area contributed by atoms with Gasteiger partial charge in [0.2, 0.25) is 0 Å². The molecule has 2 aliphatic rings. The fourth-order valence-electron chi connectivity index (χ4n) is 5.55. The summed E-state index contributed by atoms with van der Waals surface area (Å²) >= 11 is 0. The van der Waals surface area contributed by atoms with Gasteiger partial charge in [-0.1, -0.05) is 39.3 Å². The minimum absolute atomic E-state index is 0.230. The van der Waals surface area contributed by atoms with Crippen LogP contribution in [0.4, 0.5) is 0 Å². The molecule has 0 unspecified atom stereocenters. The predicted molar refractivity (Wildman–Crippen MR) is 102 cm³/mol. The molecule has 25 heavy (non-hydrogen) atoms. The van der Waals surface area contributed by atoms with Crippen LogP contribution >= 0.6 is 0 Å². The van der Waals surface area contributed by atoms with Gasteiger partial charge in [0.15, 0.2) is 0 Å². The molecule has 2 aliphatic carbocycles. The van der Waals surface area contributed by atoms with Crippen molar-refractivity contribution in [2.24, 2.45) is 22.7 Å². The van der Waals surface area contributed by atoms with Crippen LogP contribution < -0.4 is 0 Å². The summed E-state index contributed by atoms with van der Waals surface area (Å²) in [4.78, 5) is 10.9. The molecule has 0 amide bonds. The predicted octanol–water partition coefficient (Wildman–Crippen LogP) is 5.05. The van der Waals surface area contributed by atoms with Gasteiger partial charge in [-0.2, -0.15) is 0 Å². The Bertz CT molecular complexity index is 545. The van der Waals surface area contributed by atoms with Gasteiger partial charge in [-0.25, -0.2) is 0 Å². The highest BCUT2D eigenvalue weighted by atomic mass is 16.5.